The lowest BCUT2D eigenvalue weighted by Gasteiger charge is -2.36. The predicted octanol–water partition coefficient (Wildman–Crippen LogP) is -0.253. The number of nitrogens with two attached hydrogens (primary N) is 1. The van der Waals surface area contributed by atoms with Crippen LogP contribution in [0.4, 0.5) is 0 Å². The summed E-state index contributed by atoms with van der Waals surface area (Å²) < 4.78 is 27.2. The van der Waals surface area contributed by atoms with Crippen molar-refractivity contribution >= 4 is 10.2 Å². The van der Waals surface area contributed by atoms with Crippen LogP contribution in [0.25, 0.3) is 0 Å². The van der Waals surface area contributed by atoms with E-state index in [1.807, 2.05) is 0 Å². The van der Waals surface area contributed by atoms with Crippen molar-refractivity contribution in [3.05, 3.63) is 0 Å². The molecule has 18 heavy (non-hydrogen) atoms. The van der Waals surface area contributed by atoms with Crippen molar-refractivity contribution in [2.24, 2.45) is 5.73 Å². The van der Waals surface area contributed by atoms with E-state index in [4.69, 9.17) is 5.73 Å². The van der Waals surface area contributed by atoms with Crippen molar-refractivity contribution in [2.45, 2.75) is 44.2 Å². The molecule has 1 fully saturated rings. The Balaban J connectivity index is 2.70. The number of nitrogens with zero attached hydrogens (tertiary/aromatic N) is 2. The summed E-state index contributed by atoms with van der Waals surface area (Å²) in [5.74, 6) is 0. The van der Waals surface area contributed by atoms with Gasteiger partial charge in [-0.3, -0.25) is 0 Å². The van der Waals surface area contributed by atoms with Crippen LogP contribution in [0, 0.1) is 0 Å². The van der Waals surface area contributed by atoms with Gasteiger partial charge in [-0.05, 0) is 25.8 Å². The quantitative estimate of drug-likeness (QED) is 0.702. The first kappa shape index (κ1) is 15.8. The van der Waals surface area contributed by atoms with Gasteiger partial charge in [0.25, 0.3) is 10.2 Å². The largest absolute Gasteiger partial charge is 0.391 e. The fraction of sp³-hybridized carbons (Fsp3) is 1.00. The van der Waals surface area contributed by atoms with E-state index in [1.54, 1.807) is 14.1 Å². The second-order valence-electron chi connectivity index (χ2n) is 4.91. The Kier molecular flexibility index (Phi) is 6.00. The van der Waals surface area contributed by atoms with Gasteiger partial charge in [-0.15, -0.1) is 0 Å². The van der Waals surface area contributed by atoms with E-state index in [9.17, 15) is 13.5 Å². The Morgan fingerprint density at radius 1 is 1.28 bits per heavy atom. The third-order valence-corrected chi connectivity index (χ3v) is 5.56. The second kappa shape index (κ2) is 6.81. The minimum atomic E-state index is -3.49. The van der Waals surface area contributed by atoms with E-state index in [0.29, 0.717) is 25.9 Å². The molecule has 7 heteroatoms. The van der Waals surface area contributed by atoms with Crippen molar-refractivity contribution in [3.63, 3.8) is 0 Å². The summed E-state index contributed by atoms with van der Waals surface area (Å²) in [6, 6.07) is -0.302. The fourth-order valence-corrected chi connectivity index (χ4v) is 3.72. The first-order chi connectivity index (χ1) is 8.41. The van der Waals surface area contributed by atoms with Gasteiger partial charge in [-0.2, -0.15) is 17.0 Å². The van der Waals surface area contributed by atoms with Crippen LogP contribution in [0.3, 0.4) is 0 Å². The maximum Gasteiger partial charge on any atom is 0.281 e. The number of rotatable bonds is 6. The highest BCUT2D eigenvalue weighted by molar-refractivity contribution is 7.86. The van der Waals surface area contributed by atoms with Gasteiger partial charge >= 0.3 is 0 Å². The van der Waals surface area contributed by atoms with E-state index >= 15 is 0 Å². The molecule has 1 saturated carbocycles. The van der Waals surface area contributed by atoms with Gasteiger partial charge in [0.1, 0.15) is 0 Å². The number of hydrogen-bond acceptors (Lipinski definition) is 4. The molecule has 6 nitrogen and oxygen atoms in total. The van der Waals surface area contributed by atoms with Crippen molar-refractivity contribution < 1.29 is 13.5 Å². The maximum absolute atomic E-state index is 12.3. The average molecular weight is 279 g/mol. The topological polar surface area (TPSA) is 86.9 Å². The lowest BCUT2D eigenvalue weighted by Crippen LogP contribution is -2.50. The summed E-state index contributed by atoms with van der Waals surface area (Å²) in [6.07, 6.45) is 3.42. The SMILES string of the molecule is CN(CCCN)S(=O)(=O)N(C)C1CCCCC1O. The van der Waals surface area contributed by atoms with Crippen LogP contribution in [0.15, 0.2) is 0 Å². The highest BCUT2D eigenvalue weighted by atomic mass is 32.2. The molecule has 3 N–H and O–H groups in total. The highest BCUT2D eigenvalue weighted by Crippen LogP contribution is 2.24. The molecular formula is C11H25N3O3S. The van der Waals surface area contributed by atoms with Crippen molar-refractivity contribution in [1.29, 1.82) is 0 Å². The number of aliphatic hydroxyl groups excluding tert-OH is 1. The minimum absolute atomic E-state index is 0.302. The molecule has 0 aliphatic heterocycles. The van der Waals surface area contributed by atoms with Gasteiger partial charge in [0, 0.05) is 20.6 Å². The highest BCUT2D eigenvalue weighted by Gasteiger charge is 2.35. The van der Waals surface area contributed by atoms with E-state index in [-0.39, 0.29) is 6.04 Å². The summed E-state index contributed by atoms with van der Waals surface area (Å²) in [6.45, 7) is 0.877. The molecule has 0 bridgehead atoms. The first-order valence-electron chi connectivity index (χ1n) is 6.48. The van der Waals surface area contributed by atoms with Crippen LogP contribution < -0.4 is 5.73 Å². The summed E-state index contributed by atoms with van der Waals surface area (Å²) in [4.78, 5) is 0. The molecule has 0 aromatic carbocycles. The maximum atomic E-state index is 12.3. The van der Waals surface area contributed by atoms with Crippen molar-refractivity contribution in [2.75, 3.05) is 27.2 Å². The van der Waals surface area contributed by atoms with E-state index in [0.717, 1.165) is 19.3 Å². The Bertz CT molecular complexity index is 347. The smallest absolute Gasteiger partial charge is 0.281 e. The van der Waals surface area contributed by atoms with Crippen LogP contribution in [0.1, 0.15) is 32.1 Å². The number of hydrogen-bond donors (Lipinski definition) is 2. The van der Waals surface area contributed by atoms with Crippen LogP contribution in [-0.4, -0.2) is 61.5 Å². The predicted molar refractivity (Wildman–Crippen MR) is 71.2 cm³/mol. The van der Waals surface area contributed by atoms with Gasteiger partial charge in [-0.25, -0.2) is 0 Å². The summed E-state index contributed by atoms with van der Waals surface area (Å²) in [5.41, 5.74) is 5.39. The van der Waals surface area contributed by atoms with Gasteiger partial charge in [0.2, 0.25) is 0 Å². The second-order valence-corrected chi connectivity index (χ2v) is 7.00. The molecule has 1 aliphatic rings. The zero-order valence-electron chi connectivity index (χ0n) is 11.2. The first-order valence-corrected chi connectivity index (χ1v) is 7.88. The molecule has 0 aromatic rings. The molecule has 0 saturated heterocycles. The van der Waals surface area contributed by atoms with Crippen molar-refractivity contribution in [3.8, 4) is 0 Å². The summed E-state index contributed by atoms with van der Waals surface area (Å²) in [5, 5.41) is 9.92. The summed E-state index contributed by atoms with van der Waals surface area (Å²) >= 11 is 0. The molecule has 0 amide bonds. The molecule has 2 atom stereocenters. The van der Waals surface area contributed by atoms with Crippen LogP contribution in [0.5, 0.6) is 0 Å². The van der Waals surface area contributed by atoms with Gasteiger partial charge in [-0.1, -0.05) is 12.8 Å². The molecule has 1 aliphatic carbocycles. The Labute approximate surface area is 110 Å². The molecular weight excluding hydrogens is 254 g/mol. The monoisotopic (exact) mass is 279 g/mol. The third kappa shape index (κ3) is 3.64. The summed E-state index contributed by atoms with van der Waals surface area (Å²) in [7, 11) is -0.391. The van der Waals surface area contributed by atoms with Gasteiger partial charge in [0.05, 0.1) is 12.1 Å². The Morgan fingerprint density at radius 2 is 1.89 bits per heavy atom. The lowest BCUT2D eigenvalue weighted by atomic mass is 9.93. The molecule has 0 heterocycles. The molecule has 108 valence electrons. The molecule has 2 unspecified atom stereocenters. The van der Waals surface area contributed by atoms with E-state index in [1.165, 1.54) is 8.61 Å². The van der Waals surface area contributed by atoms with Crippen LogP contribution in [0.2, 0.25) is 0 Å². The molecule has 0 aromatic heterocycles. The zero-order chi connectivity index (χ0) is 13.8. The Hall–Kier alpha value is -0.210. The van der Waals surface area contributed by atoms with Crippen molar-refractivity contribution in [1.82, 2.24) is 8.61 Å². The number of likely N-dealkylation sites (N-methyl/N-ethyl adjacent to an activating group) is 1. The van der Waals surface area contributed by atoms with E-state index < -0.39 is 16.3 Å². The minimum Gasteiger partial charge on any atom is -0.391 e. The third-order valence-electron chi connectivity index (χ3n) is 3.60. The molecule has 0 spiro atoms. The van der Waals surface area contributed by atoms with Gasteiger partial charge in [0.15, 0.2) is 0 Å². The molecule has 0 radical (unpaired) electrons. The number of aliphatic hydroxyl groups is 1. The fourth-order valence-electron chi connectivity index (χ4n) is 2.34. The van der Waals surface area contributed by atoms with Crippen LogP contribution in [-0.2, 0) is 10.2 Å². The Morgan fingerprint density at radius 3 is 2.44 bits per heavy atom. The average Bonchev–Trinajstić information content (AvgIpc) is 2.35. The standard InChI is InChI=1S/C11H25N3O3S/c1-13(9-5-8-12)18(16,17)14(2)10-6-3-4-7-11(10)15/h10-11,15H,3-9,12H2,1-2H3. The van der Waals surface area contributed by atoms with E-state index in [2.05, 4.69) is 0 Å². The normalized spacial score (nSPS) is 25.9. The van der Waals surface area contributed by atoms with Crippen LogP contribution >= 0.6 is 0 Å². The molecule has 1 rings (SSSR count). The lowest BCUT2D eigenvalue weighted by molar-refractivity contribution is 0.0617. The zero-order valence-corrected chi connectivity index (χ0v) is 12.1. The van der Waals surface area contributed by atoms with Gasteiger partial charge < -0.3 is 10.8 Å².